The van der Waals surface area contributed by atoms with Crippen LogP contribution in [0.25, 0.3) is 10.9 Å². The van der Waals surface area contributed by atoms with Crippen LogP contribution in [-0.2, 0) is 16.2 Å². The summed E-state index contributed by atoms with van der Waals surface area (Å²) in [4.78, 5) is 18.7. The number of aromatic nitrogens is 1. The molecule has 1 aliphatic heterocycles. The van der Waals surface area contributed by atoms with E-state index in [0.29, 0.717) is 10.8 Å². The van der Waals surface area contributed by atoms with E-state index in [2.05, 4.69) is 22.0 Å². The first-order chi connectivity index (χ1) is 12.1. The minimum atomic E-state index is -0.619. The summed E-state index contributed by atoms with van der Waals surface area (Å²) in [6.07, 6.45) is 1.87. The number of carbonyl (C=O) groups is 1. The van der Waals surface area contributed by atoms with E-state index in [4.69, 9.17) is 16.4 Å². The maximum Gasteiger partial charge on any atom is 0.268 e. The molecule has 4 rings (SSSR count). The van der Waals surface area contributed by atoms with Gasteiger partial charge in [-0.1, -0.05) is 16.8 Å². The van der Waals surface area contributed by atoms with E-state index in [1.807, 2.05) is 42.6 Å². The summed E-state index contributed by atoms with van der Waals surface area (Å²) in [5.41, 5.74) is 2.66. The lowest BCUT2D eigenvalue weighted by Gasteiger charge is -2.10. The topological polar surface area (TPSA) is 55.6 Å². The quantitative estimate of drug-likeness (QED) is 0.731. The van der Waals surface area contributed by atoms with Crippen LogP contribution in [0, 0.1) is 0 Å². The van der Waals surface area contributed by atoms with Crippen molar-refractivity contribution in [3.63, 3.8) is 0 Å². The highest BCUT2D eigenvalue weighted by Crippen LogP contribution is 2.27. The lowest BCUT2D eigenvalue weighted by atomic mass is 10.1. The zero-order chi connectivity index (χ0) is 17.4. The van der Waals surface area contributed by atoms with Crippen molar-refractivity contribution in [2.75, 3.05) is 5.32 Å². The number of carbonyl (C=O) groups excluding carboxylic acids is 1. The highest BCUT2D eigenvalue weighted by atomic mass is 35.5. The van der Waals surface area contributed by atoms with Crippen LogP contribution in [0.4, 0.5) is 5.69 Å². The third kappa shape index (κ3) is 3.15. The van der Waals surface area contributed by atoms with E-state index >= 15 is 0 Å². The van der Waals surface area contributed by atoms with Gasteiger partial charge in [-0.15, -0.1) is 11.3 Å². The molecule has 0 fully saturated rings. The van der Waals surface area contributed by atoms with Gasteiger partial charge in [-0.25, -0.2) is 0 Å². The molecule has 1 aromatic carbocycles. The van der Waals surface area contributed by atoms with Gasteiger partial charge in [0.1, 0.15) is 5.71 Å². The molecule has 1 N–H and O–H groups in total. The Hall–Kier alpha value is -2.31. The molecule has 1 unspecified atom stereocenters. The van der Waals surface area contributed by atoms with Crippen LogP contribution in [-0.4, -0.2) is 22.3 Å². The molecule has 5 nitrogen and oxygen atoms in total. The molecule has 2 aromatic heterocycles. The second kappa shape index (κ2) is 6.54. The van der Waals surface area contributed by atoms with E-state index < -0.39 is 6.10 Å². The third-order valence-electron chi connectivity index (χ3n) is 4.20. The molecule has 3 aromatic rings. The number of thiophene rings is 1. The minimum Gasteiger partial charge on any atom is -0.382 e. The van der Waals surface area contributed by atoms with Gasteiger partial charge >= 0.3 is 0 Å². The third-order valence-corrected chi connectivity index (χ3v) is 5.48. The second-order valence-electron chi connectivity index (χ2n) is 5.80. The highest BCUT2D eigenvalue weighted by molar-refractivity contribution is 7.18. The molecule has 7 heteroatoms. The van der Waals surface area contributed by atoms with E-state index in [1.54, 1.807) is 0 Å². The molecule has 0 radical (unpaired) electrons. The maximum atomic E-state index is 12.5. The fraction of sp³-hybridized carbons (Fsp3) is 0.222. The summed E-state index contributed by atoms with van der Waals surface area (Å²) in [7, 11) is 0. The molecule has 128 valence electrons. The zero-order valence-corrected chi connectivity index (χ0v) is 15.1. The Bertz CT molecular complexity index is 976. The van der Waals surface area contributed by atoms with Crippen molar-refractivity contribution in [1.82, 2.24) is 4.57 Å². The number of aryl methyl sites for hydroxylation is 1. The molecular weight excluding hydrogens is 358 g/mol. The Morgan fingerprint density at radius 2 is 2.28 bits per heavy atom. The summed E-state index contributed by atoms with van der Waals surface area (Å²) in [6.45, 7) is 3.02. The highest BCUT2D eigenvalue weighted by Gasteiger charge is 2.29. The van der Waals surface area contributed by atoms with Gasteiger partial charge in [0.15, 0.2) is 0 Å². The number of halogens is 1. The monoisotopic (exact) mass is 373 g/mol. The van der Waals surface area contributed by atoms with Gasteiger partial charge in [0.25, 0.3) is 5.91 Å². The molecule has 0 bridgehead atoms. The Labute approximate surface area is 153 Å². The van der Waals surface area contributed by atoms with Crippen molar-refractivity contribution in [2.24, 2.45) is 5.16 Å². The predicted molar refractivity (Wildman–Crippen MR) is 102 cm³/mol. The maximum absolute atomic E-state index is 12.5. The Morgan fingerprint density at radius 3 is 3.04 bits per heavy atom. The fourth-order valence-corrected chi connectivity index (χ4v) is 3.94. The first-order valence-corrected chi connectivity index (χ1v) is 9.21. The van der Waals surface area contributed by atoms with E-state index in [1.165, 1.54) is 11.3 Å². The predicted octanol–water partition coefficient (Wildman–Crippen LogP) is 4.51. The Balaban J connectivity index is 1.44. The number of rotatable bonds is 4. The number of hydrogen-bond donors (Lipinski definition) is 1. The first-order valence-electron chi connectivity index (χ1n) is 8.02. The van der Waals surface area contributed by atoms with E-state index in [-0.39, 0.29) is 5.91 Å². The van der Waals surface area contributed by atoms with Crippen LogP contribution in [0.1, 0.15) is 18.2 Å². The minimum absolute atomic E-state index is 0.198. The van der Waals surface area contributed by atoms with Crippen molar-refractivity contribution in [2.45, 2.75) is 26.0 Å². The second-order valence-corrected chi connectivity index (χ2v) is 7.52. The molecule has 3 heterocycles. The zero-order valence-electron chi connectivity index (χ0n) is 13.5. The molecule has 0 saturated carbocycles. The summed E-state index contributed by atoms with van der Waals surface area (Å²) in [6, 6.07) is 11.6. The van der Waals surface area contributed by atoms with Crippen LogP contribution in [0.3, 0.4) is 0 Å². The lowest BCUT2D eigenvalue weighted by Crippen LogP contribution is -2.27. The number of amides is 1. The van der Waals surface area contributed by atoms with Gasteiger partial charge < -0.3 is 14.7 Å². The summed E-state index contributed by atoms with van der Waals surface area (Å²) in [5.74, 6) is -0.198. The van der Waals surface area contributed by atoms with E-state index in [0.717, 1.165) is 33.7 Å². The van der Waals surface area contributed by atoms with Gasteiger partial charge in [0, 0.05) is 35.8 Å². The van der Waals surface area contributed by atoms with Crippen molar-refractivity contribution >= 4 is 51.1 Å². The van der Waals surface area contributed by atoms with E-state index in [9.17, 15) is 4.79 Å². The molecule has 1 amide bonds. The molecule has 1 atom stereocenters. The number of hydrogen-bond acceptors (Lipinski definition) is 4. The van der Waals surface area contributed by atoms with Crippen molar-refractivity contribution in [1.29, 1.82) is 0 Å². The summed E-state index contributed by atoms with van der Waals surface area (Å²) >= 11 is 7.38. The molecule has 0 spiro atoms. The largest absolute Gasteiger partial charge is 0.382 e. The summed E-state index contributed by atoms with van der Waals surface area (Å²) < 4.78 is 2.85. The number of oxime groups is 1. The standard InChI is InChI=1S/C18H16ClN3O2S/c1-2-22-8-7-11-9-12(3-4-14(11)22)20-18(23)15-10-13(21-24-15)16-5-6-17(19)25-16/h3-9,15H,2,10H2,1H3,(H,20,23). The molecule has 25 heavy (non-hydrogen) atoms. The average Bonchev–Trinajstić information content (AvgIpc) is 3.33. The van der Waals surface area contributed by atoms with Gasteiger partial charge in [0.05, 0.1) is 9.21 Å². The van der Waals surface area contributed by atoms with Gasteiger partial charge in [-0.3, -0.25) is 4.79 Å². The smallest absolute Gasteiger partial charge is 0.268 e. The van der Waals surface area contributed by atoms with Crippen LogP contribution in [0.2, 0.25) is 4.34 Å². The summed E-state index contributed by atoms with van der Waals surface area (Å²) in [5, 5.41) is 8.04. The Morgan fingerprint density at radius 1 is 1.40 bits per heavy atom. The number of anilines is 1. The van der Waals surface area contributed by atoms with Crippen LogP contribution in [0.5, 0.6) is 0 Å². The first kappa shape index (κ1) is 16.2. The molecular formula is C18H16ClN3O2S. The number of benzene rings is 1. The van der Waals surface area contributed by atoms with Gasteiger partial charge in [0.2, 0.25) is 6.10 Å². The number of nitrogens with zero attached hydrogens (tertiary/aromatic N) is 2. The SMILES string of the molecule is CCn1ccc2cc(NC(=O)C3CC(c4ccc(Cl)s4)=NO3)ccc21. The van der Waals surface area contributed by atoms with Crippen molar-refractivity contribution < 1.29 is 9.63 Å². The van der Waals surface area contributed by atoms with Crippen molar-refractivity contribution in [3.05, 3.63) is 51.8 Å². The normalized spacial score (nSPS) is 16.7. The van der Waals surface area contributed by atoms with Crippen LogP contribution >= 0.6 is 22.9 Å². The van der Waals surface area contributed by atoms with Crippen molar-refractivity contribution in [3.8, 4) is 0 Å². The van der Waals surface area contributed by atoms with Gasteiger partial charge in [-0.2, -0.15) is 0 Å². The van der Waals surface area contributed by atoms with Gasteiger partial charge in [-0.05, 0) is 43.3 Å². The fourth-order valence-electron chi connectivity index (χ4n) is 2.91. The van der Waals surface area contributed by atoms with Crippen LogP contribution < -0.4 is 5.32 Å². The number of fused-ring (bicyclic) bond motifs is 1. The lowest BCUT2D eigenvalue weighted by molar-refractivity contribution is -0.125. The molecule has 1 aliphatic rings. The molecule has 0 aliphatic carbocycles. The van der Waals surface area contributed by atoms with Crippen LogP contribution in [0.15, 0.2) is 47.8 Å². The Kier molecular flexibility index (Phi) is 4.23. The number of nitrogens with one attached hydrogen (secondary N) is 1. The molecule has 0 saturated heterocycles. The average molecular weight is 374 g/mol.